The number of carbonyl (C=O) groups excluding carboxylic acids is 3. The van der Waals surface area contributed by atoms with Gasteiger partial charge >= 0.3 is 0 Å². The van der Waals surface area contributed by atoms with E-state index in [0.717, 1.165) is 5.56 Å². The number of hydrogen-bond acceptors (Lipinski definition) is 7. The Bertz CT molecular complexity index is 1010. The summed E-state index contributed by atoms with van der Waals surface area (Å²) in [6.45, 7) is 0. The first-order chi connectivity index (χ1) is 13.8. The standard InChI is InChI=1S/C21H22N2O6/c1-23-15-12-8-10-7-9-5-3-4-6-11(9)16(24)13(10)18(25)21(12,28)19(26)14(20(22)27)17(15)29-2/h3-6,10,12,15,23-24,28H,7-8H2,1-2H3,(H2,22,27)/t10-,12-,15-,21-/m0/s1. The molecule has 0 bridgehead atoms. The summed E-state index contributed by atoms with van der Waals surface area (Å²) in [6.07, 6.45) is 0.735. The van der Waals surface area contributed by atoms with E-state index in [2.05, 4.69) is 5.32 Å². The Hall–Kier alpha value is -2.97. The number of hydrogen-bond donors (Lipinski definition) is 4. The summed E-state index contributed by atoms with van der Waals surface area (Å²) in [6, 6.07) is 6.39. The second kappa shape index (κ2) is 6.53. The number of methoxy groups -OCH3 is 1. The van der Waals surface area contributed by atoms with Crippen molar-refractivity contribution >= 4 is 23.2 Å². The second-order valence-electron chi connectivity index (χ2n) is 7.66. The van der Waals surface area contributed by atoms with Gasteiger partial charge in [0.2, 0.25) is 11.6 Å². The van der Waals surface area contributed by atoms with Gasteiger partial charge in [0.25, 0.3) is 5.91 Å². The zero-order valence-corrected chi connectivity index (χ0v) is 16.1. The van der Waals surface area contributed by atoms with Crippen LogP contribution in [-0.2, 0) is 25.5 Å². The smallest absolute Gasteiger partial charge is 0.255 e. The molecule has 5 N–H and O–H groups in total. The fourth-order valence-electron chi connectivity index (χ4n) is 5.06. The normalized spacial score (nSPS) is 31.2. The van der Waals surface area contributed by atoms with Gasteiger partial charge in [0.1, 0.15) is 17.1 Å². The monoisotopic (exact) mass is 398 g/mol. The highest BCUT2D eigenvalue weighted by molar-refractivity contribution is 6.32. The summed E-state index contributed by atoms with van der Waals surface area (Å²) < 4.78 is 5.29. The Morgan fingerprint density at radius 2 is 1.97 bits per heavy atom. The highest BCUT2D eigenvalue weighted by Gasteiger charge is 2.64. The van der Waals surface area contributed by atoms with E-state index in [9.17, 15) is 24.6 Å². The zero-order valence-electron chi connectivity index (χ0n) is 16.1. The summed E-state index contributed by atoms with van der Waals surface area (Å²) in [4.78, 5) is 38.6. The number of aliphatic hydroxyl groups is 2. The number of aliphatic hydroxyl groups excluding tert-OH is 1. The van der Waals surface area contributed by atoms with Crippen LogP contribution < -0.4 is 11.1 Å². The van der Waals surface area contributed by atoms with Gasteiger partial charge in [0.15, 0.2) is 5.60 Å². The largest absolute Gasteiger partial charge is 0.507 e. The molecule has 0 aliphatic heterocycles. The van der Waals surface area contributed by atoms with Gasteiger partial charge in [0.05, 0.1) is 13.2 Å². The molecule has 0 heterocycles. The Balaban J connectivity index is 1.93. The fraction of sp³-hybridized carbons (Fsp3) is 0.381. The van der Waals surface area contributed by atoms with E-state index in [1.807, 2.05) is 12.1 Å². The van der Waals surface area contributed by atoms with Crippen molar-refractivity contribution in [2.75, 3.05) is 14.2 Å². The Labute approximate surface area is 167 Å². The quantitative estimate of drug-likeness (QED) is 0.415. The highest BCUT2D eigenvalue weighted by atomic mass is 16.5. The molecule has 29 heavy (non-hydrogen) atoms. The summed E-state index contributed by atoms with van der Waals surface area (Å²) >= 11 is 0. The molecule has 3 aliphatic carbocycles. The van der Waals surface area contributed by atoms with Gasteiger partial charge in [-0.1, -0.05) is 24.3 Å². The first kappa shape index (κ1) is 19.4. The average Bonchev–Trinajstić information content (AvgIpc) is 2.70. The highest BCUT2D eigenvalue weighted by Crippen LogP contribution is 2.50. The number of carbonyl (C=O) groups is 3. The summed E-state index contributed by atoms with van der Waals surface area (Å²) in [5.41, 5.74) is 3.76. The molecule has 8 nitrogen and oxygen atoms in total. The minimum absolute atomic E-state index is 0.0142. The van der Waals surface area contributed by atoms with Crippen molar-refractivity contribution in [3.8, 4) is 0 Å². The summed E-state index contributed by atoms with van der Waals surface area (Å²) in [5, 5.41) is 25.1. The molecule has 3 aliphatic rings. The average molecular weight is 398 g/mol. The predicted molar refractivity (Wildman–Crippen MR) is 102 cm³/mol. The predicted octanol–water partition coefficient (Wildman–Crippen LogP) is 0.00460. The summed E-state index contributed by atoms with van der Waals surface area (Å²) in [7, 11) is 2.89. The van der Waals surface area contributed by atoms with Crippen LogP contribution in [0.1, 0.15) is 17.5 Å². The van der Waals surface area contributed by atoms with Gasteiger partial charge in [-0.3, -0.25) is 14.4 Å². The molecule has 1 amide bonds. The van der Waals surface area contributed by atoms with Crippen molar-refractivity contribution in [1.29, 1.82) is 0 Å². The number of ketones is 2. The van der Waals surface area contributed by atoms with Crippen LogP contribution in [-0.4, -0.2) is 53.5 Å². The molecular formula is C21H22N2O6. The molecule has 0 unspecified atom stereocenters. The SMILES string of the molecule is CN[C@@H]1C(OC)=C(C(N)=O)C(=O)[C@@]2(O)C(=O)C3=C(O)c4ccccc4C[C@H]3C[C@@H]12. The third-order valence-electron chi connectivity index (χ3n) is 6.35. The lowest BCUT2D eigenvalue weighted by atomic mass is 9.57. The second-order valence-corrected chi connectivity index (χ2v) is 7.66. The lowest BCUT2D eigenvalue weighted by Gasteiger charge is -2.49. The van der Waals surface area contributed by atoms with Gasteiger partial charge < -0.3 is 26.0 Å². The van der Waals surface area contributed by atoms with Crippen molar-refractivity contribution < 1.29 is 29.3 Å². The van der Waals surface area contributed by atoms with Crippen molar-refractivity contribution in [2.24, 2.45) is 17.6 Å². The number of nitrogens with two attached hydrogens (primary N) is 1. The Morgan fingerprint density at radius 1 is 1.28 bits per heavy atom. The molecular weight excluding hydrogens is 376 g/mol. The minimum Gasteiger partial charge on any atom is -0.507 e. The van der Waals surface area contributed by atoms with Crippen LogP contribution in [0.4, 0.5) is 0 Å². The molecule has 0 aromatic heterocycles. The summed E-state index contributed by atoms with van der Waals surface area (Å²) in [5.74, 6) is -4.52. The van der Waals surface area contributed by atoms with Crippen LogP contribution in [0.3, 0.4) is 0 Å². The topological polar surface area (TPSA) is 139 Å². The van der Waals surface area contributed by atoms with Gasteiger partial charge in [0, 0.05) is 17.1 Å². The van der Waals surface area contributed by atoms with E-state index in [-0.39, 0.29) is 29.4 Å². The molecule has 0 radical (unpaired) electrons. The fourth-order valence-corrected chi connectivity index (χ4v) is 5.06. The lowest BCUT2D eigenvalue weighted by molar-refractivity contribution is -0.160. The molecule has 1 aromatic carbocycles. The number of rotatable bonds is 3. The van der Waals surface area contributed by atoms with E-state index in [1.165, 1.54) is 7.11 Å². The van der Waals surface area contributed by atoms with Crippen LogP contribution in [0, 0.1) is 11.8 Å². The minimum atomic E-state index is -2.51. The van der Waals surface area contributed by atoms with Crippen LogP contribution in [0.15, 0.2) is 41.2 Å². The Morgan fingerprint density at radius 3 is 2.59 bits per heavy atom. The molecule has 8 heteroatoms. The van der Waals surface area contributed by atoms with Gasteiger partial charge in [-0.05, 0) is 31.4 Å². The number of Topliss-reactive ketones (excluding diaryl/α,β-unsaturated/α-hetero) is 2. The molecule has 4 rings (SSSR count). The van der Waals surface area contributed by atoms with E-state index in [0.29, 0.717) is 12.0 Å². The number of primary amides is 1. The van der Waals surface area contributed by atoms with Crippen LogP contribution >= 0.6 is 0 Å². The number of benzene rings is 1. The molecule has 1 fully saturated rings. The van der Waals surface area contributed by atoms with Crippen LogP contribution in [0.5, 0.6) is 0 Å². The van der Waals surface area contributed by atoms with E-state index in [1.54, 1.807) is 19.2 Å². The number of fused-ring (bicyclic) bond motifs is 3. The molecule has 1 aromatic rings. The van der Waals surface area contributed by atoms with E-state index in [4.69, 9.17) is 10.5 Å². The van der Waals surface area contributed by atoms with Crippen molar-refractivity contribution in [2.45, 2.75) is 24.5 Å². The van der Waals surface area contributed by atoms with Gasteiger partial charge in [-0.25, -0.2) is 0 Å². The number of ether oxygens (including phenoxy) is 1. The maximum atomic E-state index is 13.4. The van der Waals surface area contributed by atoms with Crippen LogP contribution in [0.2, 0.25) is 0 Å². The van der Waals surface area contributed by atoms with Crippen molar-refractivity contribution in [3.63, 3.8) is 0 Å². The first-order valence-electron chi connectivity index (χ1n) is 9.35. The van der Waals surface area contributed by atoms with E-state index < -0.39 is 40.6 Å². The van der Waals surface area contributed by atoms with Crippen LogP contribution in [0.25, 0.3) is 5.76 Å². The van der Waals surface area contributed by atoms with E-state index >= 15 is 0 Å². The van der Waals surface area contributed by atoms with Crippen molar-refractivity contribution in [1.82, 2.24) is 5.32 Å². The lowest BCUT2D eigenvalue weighted by Crippen LogP contribution is -2.67. The number of likely N-dealkylation sites (N-methyl/N-ethyl adjacent to an activating group) is 1. The maximum Gasteiger partial charge on any atom is 0.255 e. The third-order valence-corrected chi connectivity index (χ3v) is 6.35. The molecule has 152 valence electrons. The zero-order chi connectivity index (χ0) is 21.1. The maximum absolute atomic E-state index is 13.4. The van der Waals surface area contributed by atoms with Gasteiger partial charge in [-0.15, -0.1) is 0 Å². The number of nitrogens with one attached hydrogen (secondary N) is 1. The first-order valence-corrected chi connectivity index (χ1v) is 9.35. The molecule has 1 saturated carbocycles. The van der Waals surface area contributed by atoms with Crippen molar-refractivity contribution in [3.05, 3.63) is 52.3 Å². The molecule has 4 atom stereocenters. The Kier molecular flexibility index (Phi) is 4.36. The number of amides is 1. The molecule has 0 saturated heterocycles. The molecule has 0 spiro atoms. The van der Waals surface area contributed by atoms with Gasteiger partial charge in [-0.2, -0.15) is 0 Å². The third kappa shape index (κ3) is 2.42.